The van der Waals surface area contributed by atoms with E-state index >= 15 is 0 Å². The maximum Gasteiger partial charge on any atom is 0.335 e. The van der Waals surface area contributed by atoms with E-state index in [2.05, 4.69) is 22.2 Å². The summed E-state index contributed by atoms with van der Waals surface area (Å²) in [5.74, 6) is -1.90. The van der Waals surface area contributed by atoms with Crippen LogP contribution in [0.5, 0.6) is 0 Å². The van der Waals surface area contributed by atoms with Crippen LogP contribution in [0.25, 0.3) is 0 Å². The van der Waals surface area contributed by atoms with Gasteiger partial charge in [-0.2, -0.15) is 0 Å². The summed E-state index contributed by atoms with van der Waals surface area (Å²) in [5, 5.41) is 12.2. The third-order valence-electron chi connectivity index (χ3n) is 6.03. The normalized spacial score (nSPS) is 14.5. The van der Waals surface area contributed by atoms with Crippen LogP contribution in [-0.2, 0) is 4.74 Å². The number of aromatic carboxylic acids is 1. The maximum atomic E-state index is 13.2. The molecule has 3 rings (SSSR count). The van der Waals surface area contributed by atoms with Crippen molar-refractivity contribution in [1.29, 1.82) is 0 Å². The molecule has 0 bridgehead atoms. The fraction of sp³-hybridized carbons (Fsp3) is 0.440. The van der Waals surface area contributed by atoms with E-state index in [1.807, 2.05) is 6.92 Å². The number of nitrogens with zero attached hydrogens (tertiary/aromatic N) is 2. The monoisotopic (exact) mass is 457 g/mol. The number of carboxylic acids is 1. The molecule has 0 radical (unpaired) electrons. The zero-order valence-corrected chi connectivity index (χ0v) is 19.2. The predicted octanol–water partition coefficient (Wildman–Crippen LogP) is 4.10. The predicted molar refractivity (Wildman–Crippen MR) is 127 cm³/mol. The van der Waals surface area contributed by atoms with Gasteiger partial charge in [-0.1, -0.05) is 0 Å². The molecule has 0 aliphatic carbocycles. The number of halogens is 1. The Labute approximate surface area is 194 Å². The molecule has 1 saturated heterocycles. The van der Waals surface area contributed by atoms with Crippen LogP contribution in [-0.4, -0.2) is 67.8 Å². The van der Waals surface area contributed by atoms with Crippen LogP contribution in [0.2, 0.25) is 0 Å². The average Bonchev–Trinajstić information content (AvgIpc) is 2.82. The summed E-state index contributed by atoms with van der Waals surface area (Å²) in [4.78, 5) is 28.8. The van der Waals surface area contributed by atoms with Crippen LogP contribution in [0.4, 0.5) is 15.8 Å². The minimum atomic E-state index is -1.06. The van der Waals surface area contributed by atoms with Crippen LogP contribution < -0.4 is 10.2 Å². The molecule has 7 nitrogen and oxygen atoms in total. The minimum absolute atomic E-state index is 0.0945. The van der Waals surface area contributed by atoms with Gasteiger partial charge in [-0.05, 0) is 75.7 Å². The molecular weight excluding hydrogens is 425 g/mol. The first kappa shape index (κ1) is 24.7. The second kappa shape index (κ2) is 11.8. The van der Waals surface area contributed by atoms with E-state index in [0.29, 0.717) is 17.3 Å². The molecule has 1 amide bonds. The summed E-state index contributed by atoms with van der Waals surface area (Å²) in [6, 6.07) is 10.5. The number of benzene rings is 2. The Kier molecular flexibility index (Phi) is 8.79. The first-order chi connectivity index (χ1) is 15.9. The quantitative estimate of drug-likeness (QED) is 0.523. The van der Waals surface area contributed by atoms with Gasteiger partial charge in [0.25, 0.3) is 5.91 Å². The standard InChI is InChI=1S/C25H32FN3O4/c1-3-33-16-4-13-28(2)21-11-14-29(15-12-21)23-10-7-19(25(31)32)17-22(23)27-24(30)18-5-8-20(26)9-6-18/h5-10,17,21H,3-4,11-16H2,1-2H3,(H,27,30)(H,31,32). The molecule has 178 valence electrons. The van der Waals surface area contributed by atoms with E-state index < -0.39 is 17.7 Å². The third-order valence-corrected chi connectivity index (χ3v) is 6.03. The van der Waals surface area contributed by atoms with Crippen LogP contribution in [0.3, 0.4) is 0 Å². The molecule has 33 heavy (non-hydrogen) atoms. The van der Waals surface area contributed by atoms with Gasteiger partial charge >= 0.3 is 5.97 Å². The second-order valence-corrected chi connectivity index (χ2v) is 8.25. The van der Waals surface area contributed by atoms with Gasteiger partial charge in [-0.3, -0.25) is 4.79 Å². The summed E-state index contributed by atoms with van der Waals surface area (Å²) in [6.07, 6.45) is 2.94. The summed E-state index contributed by atoms with van der Waals surface area (Å²) in [6.45, 7) is 6.09. The second-order valence-electron chi connectivity index (χ2n) is 8.25. The molecule has 1 aliphatic heterocycles. The number of anilines is 2. The fourth-order valence-corrected chi connectivity index (χ4v) is 4.13. The molecule has 1 fully saturated rings. The molecule has 0 saturated carbocycles. The summed E-state index contributed by atoms with van der Waals surface area (Å²) in [5.41, 5.74) is 1.62. The van der Waals surface area contributed by atoms with Crippen LogP contribution in [0.15, 0.2) is 42.5 Å². The first-order valence-electron chi connectivity index (χ1n) is 11.4. The van der Waals surface area contributed by atoms with Gasteiger partial charge < -0.3 is 25.0 Å². The lowest BCUT2D eigenvalue weighted by molar-refractivity contribution is 0.0696. The SMILES string of the molecule is CCOCCCN(C)C1CCN(c2ccc(C(=O)O)cc2NC(=O)c2ccc(F)cc2)CC1. The molecule has 0 spiro atoms. The summed E-state index contributed by atoms with van der Waals surface area (Å²) >= 11 is 0. The molecule has 0 unspecified atom stereocenters. The molecule has 2 N–H and O–H groups in total. The summed E-state index contributed by atoms with van der Waals surface area (Å²) in [7, 11) is 2.14. The number of carbonyl (C=O) groups is 2. The van der Waals surface area contributed by atoms with Gasteiger partial charge in [0, 0.05) is 44.5 Å². The molecule has 2 aromatic rings. The van der Waals surface area contributed by atoms with Crippen LogP contribution >= 0.6 is 0 Å². The van der Waals surface area contributed by atoms with Gasteiger partial charge in [0.15, 0.2) is 0 Å². The lowest BCUT2D eigenvalue weighted by Crippen LogP contribution is -2.44. The van der Waals surface area contributed by atoms with E-state index in [1.165, 1.54) is 30.3 Å². The highest BCUT2D eigenvalue weighted by Gasteiger charge is 2.25. The number of rotatable bonds is 10. The number of carbonyl (C=O) groups excluding carboxylic acids is 1. The van der Waals surface area contributed by atoms with E-state index in [9.17, 15) is 19.1 Å². The van der Waals surface area contributed by atoms with Crippen molar-refractivity contribution >= 4 is 23.3 Å². The van der Waals surface area contributed by atoms with Gasteiger partial charge in [-0.25, -0.2) is 9.18 Å². The first-order valence-corrected chi connectivity index (χ1v) is 11.4. The molecule has 1 aliphatic rings. The number of piperidine rings is 1. The van der Waals surface area contributed by atoms with E-state index in [4.69, 9.17) is 4.74 Å². The molecular formula is C25H32FN3O4. The highest BCUT2D eigenvalue weighted by molar-refractivity contribution is 6.06. The van der Waals surface area contributed by atoms with Crippen molar-refractivity contribution in [2.24, 2.45) is 0 Å². The van der Waals surface area contributed by atoms with Gasteiger partial charge in [0.05, 0.1) is 16.9 Å². The van der Waals surface area contributed by atoms with Crippen molar-refractivity contribution in [2.45, 2.75) is 32.2 Å². The topological polar surface area (TPSA) is 82.1 Å². The highest BCUT2D eigenvalue weighted by atomic mass is 19.1. The maximum absolute atomic E-state index is 13.2. The van der Waals surface area contributed by atoms with E-state index in [-0.39, 0.29) is 5.56 Å². The fourth-order valence-electron chi connectivity index (χ4n) is 4.13. The lowest BCUT2D eigenvalue weighted by Gasteiger charge is -2.38. The van der Waals surface area contributed by atoms with Crippen molar-refractivity contribution < 1.29 is 23.8 Å². The molecule has 1 heterocycles. The van der Waals surface area contributed by atoms with Gasteiger partial charge in [-0.15, -0.1) is 0 Å². The number of ether oxygens (including phenoxy) is 1. The van der Waals surface area contributed by atoms with Crippen LogP contribution in [0.1, 0.15) is 46.9 Å². The Morgan fingerprint density at radius 2 is 1.82 bits per heavy atom. The number of carboxylic acid groups (broad SMARTS) is 1. The Hall–Kier alpha value is -2.97. The van der Waals surface area contributed by atoms with Crippen molar-refractivity contribution in [3.8, 4) is 0 Å². The van der Waals surface area contributed by atoms with Crippen LogP contribution in [0, 0.1) is 5.82 Å². The summed E-state index contributed by atoms with van der Waals surface area (Å²) < 4.78 is 18.6. The zero-order chi connectivity index (χ0) is 23.8. The minimum Gasteiger partial charge on any atom is -0.478 e. The zero-order valence-electron chi connectivity index (χ0n) is 19.2. The smallest absolute Gasteiger partial charge is 0.335 e. The van der Waals surface area contributed by atoms with Crippen molar-refractivity contribution in [1.82, 2.24) is 4.90 Å². The van der Waals surface area contributed by atoms with Gasteiger partial charge in [0.1, 0.15) is 5.82 Å². The highest BCUT2D eigenvalue weighted by Crippen LogP contribution is 2.31. The largest absolute Gasteiger partial charge is 0.478 e. The number of amides is 1. The molecule has 0 aromatic heterocycles. The van der Waals surface area contributed by atoms with E-state index in [0.717, 1.165) is 57.8 Å². The molecule has 8 heteroatoms. The Bertz CT molecular complexity index is 943. The number of hydrogen-bond acceptors (Lipinski definition) is 5. The average molecular weight is 458 g/mol. The van der Waals surface area contributed by atoms with Crippen molar-refractivity contribution in [3.05, 3.63) is 59.4 Å². The van der Waals surface area contributed by atoms with Crippen molar-refractivity contribution in [2.75, 3.05) is 50.1 Å². The van der Waals surface area contributed by atoms with Crippen molar-refractivity contribution in [3.63, 3.8) is 0 Å². The van der Waals surface area contributed by atoms with E-state index in [1.54, 1.807) is 12.1 Å². The van der Waals surface area contributed by atoms with Gasteiger partial charge in [0.2, 0.25) is 0 Å². The third kappa shape index (κ3) is 6.76. The Morgan fingerprint density at radius 3 is 2.45 bits per heavy atom. The Morgan fingerprint density at radius 1 is 1.15 bits per heavy atom. The molecule has 0 atom stereocenters. The molecule has 2 aromatic carbocycles. The Balaban J connectivity index is 1.69. The lowest BCUT2D eigenvalue weighted by atomic mass is 10.0. The number of hydrogen-bond donors (Lipinski definition) is 2. The number of nitrogens with one attached hydrogen (secondary N) is 1.